The molecular weight excluding hydrogens is 277 g/mol. The highest BCUT2D eigenvalue weighted by Crippen LogP contribution is 2.36. The molecule has 0 amide bonds. The maximum Gasteiger partial charge on any atom is 0.0795 e. The van der Waals surface area contributed by atoms with Gasteiger partial charge in [0, 0.05) is 11.1 Å². The van der Waals surface area contributed by atoms with Crippen molar-refractivity contribution in [2.45, 2.75) is 6.42 Å². The van der Waals surface area contributed by atoms with Crippen molar-refractivity contribution < 1.29 is 5.11 Å². The predicted octanol–water partition coefficient (Wildman–Crippen LogP) is 2.87. The molecule has 1 aromatic carbocycles. The van der Waals surface area contributed by atoms with Crippen LogP contribution in [0.4, 0.5) is 5.69 Å². The number of nitrogens with two attached hydrogens (primary N) is 1. The zero-order chi connectivity index (χ0) is 10.0. The van der Waals surface area contributed by atoms with E-state index in [2.05, 4.69) is 15.9 Å². The maximum atomic E-state index is 8.76. The van der Waals surface area contributed by atoms with E-state index in [9.17, 15) is 0 Å². The summed E-state index contributed by atoms with van der Waals surface area (Å²) >= 11 is 15.0. The monoisotopic (exact) mass is 283 g/mol. The maximum absolute atomic E-state index is 8.76. The van der Waals surface area contributed by atoms with Crippen LogP contribution in [0.25, 0.3) is 0 Å². The molecule has 1 rings (SSSR count). The van der Waals surface area contributed by atoms with E-state index >= 15 is 0 Å². The number of rotatable bonds is 2. The van der Waals surface area contributed by atoms with E-state index < -0.39 is 0 Å². The number of halogens is 3. The summed E-state index contributed by atoms with van der Waals surface area (Å²) in [4.78, 5) is 0. The molecular formula is C8H8BrCl2NO. The first-order valence-corrected chi connectivity index (χ1v) is 5.15. The van der Waals surface area contributed by atoms with Gasteiger partial charge >= 0.3 is 0 Å². The van der Waals surface area contributed by atoms with Gasteiger partial charge < -0.3 is 10.8 Å². The van der Waals surface area contributed by atoms with Crippen molar-refractivity contribution in [1.29, 1.82) is 0 Å². The highest BCUT2D eigenvalue weighted by atomic mass is 79.9. The Morgan fingerprint density at radius 2 is 2.08 bits per heavy atom. The summed E-state index contributed by atoms with van der Waals surface area (Å²) in [5.74, 6) is 0. The molecule has 5 heteroatoms. The Balaban J connectivity index is 3.24. The molecule has 0 spiro atoms. The molecule has 0 atom stereocenters. The largest absolute Gasteiger partial charge is 0.396 e. The van der Waals surface area contributed by atoms with Gasteiger partial charge in [0.2, 0.25) is 0 Å². The van der Waals surface area contributed by atoms with E-state index in [1.165, 1.54) is 0 Å². The molecule has 0 saturated heterocycles. The van der Waals surface area contributed by atoms with Crippen LogP contribution in [0.1, 0.15) is 5.56 Å². The van der Waals surface area contributed by atoms with Crippen LogP contribution in [0.3, 0.4) is 0 Å². The van der Waals surface area contributed by atoms with E-state index in [-0.39, 0.29) is 6.61 Å². The van der Waals surface area contributed by atoms with Gasteiger partial charge in [0.05, 0.1) is 15.7 Å². The second kappa shape index (κ2) is 4.51. The number of hydrogen-bond acceptors (Lipinski definition) is 2. The van der Waals surface area contributed by atoms with Gasteiger partial charge in [-0.15, -0.1) is 0 Å². The molecule has 0 aromatic heterocycles. The van der Waals surface area contributed by atoms with E-state index in [0.29, 0.717) is 26.6 Å². The highest BCUT2D eigenvalue weighted by Gasteiger charge is 2.11. The normalized spacial score (nSPS) is 10.5. The minimum atomic E-state index is 0.0508. The van der Waals surface area contributed by atoms with Crippen LogP contribution < -0.4 is 5.73 Å². The van der Waals surface area contributed by atoms with Gasteiger partial charge in [0.15, 0.2) is 0 Å². The Labute approximate surface area is 94.8 Å². The summed E-state index contributed by atoms with van der Waals surface area (Å²) < 4.78 is 0.699. The van der Waals surface area contributed by atoms with Crippen molar-refractivity contribution in [2.75, 3.05) is 12.3 Å². The second-order valence-electron chi connectivity index (χ2n) is 2.53. The van der Waals surface area contributed by atoms with Crippen LogP contribution in [0.15, 0.2) is 10.5 Å². The molecule has 13 heavy (non-hydrogen) atoms. The molecule has 3 N–H and O–H groups in total. The number of anilines is 1. The fourth-order valence-corrected chi connectivity index (χ4v) is 1.98. The van der Waals surface area contributed by atoms with Crippen LogP contribution in [0, 0.1) is 0 Å². The standard InChI is InChI=1S/C8H8BrCl2NO/c9-6-4(1-2-13)3-5(10)8(12)7(6)11/h3,13H,1-2,12H2. The molecule has 0 aliphatic heterocycles. The molecule has 0 fully saturated rings. The van der Waals surface area contributed by atoms with E-state index in [1.807, 2.05) is 0 Å². The van der Waals surface area contributed by atoms with Crippen molar-refractivity contribution in [1.82, 2.24) is 0 Å². The number of hydrogen-bond donors (Lipinski definition) is 2. The molecule has 72 valence electrons. The second-order valence-corrected chi connectivity index (χ2v) is 4.11. The lowest BCUT2D eigenvalue weighted by atomic mass is 10.1. The van der Waals surface area contributed by atoms with Gasteiger partial charge in [-0.25, -0.2) is 0 Å². The van der Waals surface area contributed by atoms with Crippen molar-refractivity contribution in [3.05, 3.63) is 26.1 Å². The third kappa shape index (κ3) is 2.29. The first kappa shape index (κ1) is 11.1. The van der Waals surface area contributed by atoms with Crippen LogP contribution in [-0.2, 0) is 6.42 Å². The fourth-order valence-electron chi connectivity index (χ4n) is 0.960. The van der Waals surface area contributed by atoms with Gasteiger partial charge in [-0.3, -0.25) is 0 Å². The molecule has 0 unspecified atom stereocenters. The zero-order valence-electron chi connectivity index (χ0n) is 6.65. The van der Waals surface area contributed by atoms with E-state index in [4.69, 9.17) is 34.0 Å². The molecule has 2 nitrogen and oxygen atoms in total. The third-order valence-corrected chi connectivity index (χ3v) is 3.49. The van der Waals surface area contributed by atoms with Crippen LogP contribution in [-0.4, -0.2) is 11.7 Å². The third-order valence-electron chi connectivity index (χ3n) is 1.65. The predicted molar refractivity (Wildman–Crippen MR) is 59.4 cm³/mol. The molecule has 0 aliphatic carbocycles. The molecule has 0 bridgehead atoms. The van der Waals surface area contributed by atoms with Gasteiger partial charge in [-0.1, -0.05) is 23.2 Å². The fraction of sp³-hybridized carbons (Fsp3) is 0.250. The first-order valence-electron chi connectivity index (χ1n) is 3.60. The Hall–Kier alpha value is 0.0400. The Kier molecular flexibility index (Phi) is 3.86. The lowest BCUT2D eigenvalue weighted by Gasteiger charge is -2.08. The quantitative estimate of drug-likeness (QED) is 0.648. The van der Waals surface area contributed by atoms with Gasteiger partial charge in [0.1, 0.15) is 0 Å². The summed E-state index contributed by atoms with van der Waals surface area (Å²) in [7, 11) is 0. The smallest absolute Gasteiger partial charge is 0.0795 e. The molecule has 0 radical (unpaired) electrons. The van der Waals surface area contributed by atoms with E-state index in [0.717, 1.165) is 5.56 Å². The number of aliphatic hydroxyl groups is 1. The molecule has 1 aromatic rings. The number of aliphatic hydroxyl groups excluding tert-OH is 1. The minimum Gasteiger partial charge on any atom is -0.396 e. The van der Waals surface area contributed by atoms with E-state index in [1.54, 1.807) is 6.07 Å². The lowest BCUT2D eigenvalue weighted by molar-refractivity contribution is 0.299. The molecule has 0 aliphatic rings. The van der Waals surface area contributed by atoms with Crippen LogP contribution in [0.5, 0.6) is 0 Å². The van der Waals surface area contributed by atoms with Crippen molar-refractivity contribution in [2.24, 2.45) is 0 Å². The Morgan fingerprint density at radius 1 is 1.46 bits per heavy atom. The summed E-state index contributed by atoms with van der Waals surface area (Å²) in [6, 6.07) is 1.70. The SMILES string of the molecule is Nc1c(Cl)cc(CCO)c(Br)c1Cl. The van der Waals surface area contributed by atoms with Gasteiger partial charge in [0.25, 0.3) is 0 Å². The van der Waals surface area contributed by atoms with Crippen LogP contribution in [0.2, 0.25) is 10.0 Å². The summed E-state index contributed by atoms with van der Waals surface area (Å²) in [6.07, 6.45) is 0.500. The summed E-state index contributed by atoms with van der Waals surface area (Å²) in [5, 5.41) is 9.57. The highest BCUT2D eigenvalue weighted by molar-refractivity contribution is 9.10. The summed E-state index contributed by atoms with van der Waals surface area (Å²) in [6.45, 7) is 0.0508. The zero-order valence-corrected chi connectivity index (χ0v) is 9.75. The average molecular weight is 285 g/mol. The average Bonchev–Trinajstić information content (AvgIpc) is 2.11. The van der Waals surface area contributed by atoms with Crippen LogP contribution >= 0.6 is 39.1 Å². The van der Waals surface area contributed by atoms with Gasteiger partial charge in [-0.2, -0.15) is 0 Å². The van der Waals surface area contributed by atoms with Crippen molar-refractivity contribution in [3.63, 3.8) is 0 Å². The number of nitrogen functional groups attached to an aromatic ring is 1. The molecule has 0 heterocycles. The van der Waals surface area contributed by atoms with Crippen molar-refractivity contribution in [3.8, 4) is 0 Å². The molecule has 0 saturated carbocycles. The van der Waals surface area contributed by atoms with Gasteiger partial charge in [-0.05, 0) is 34.0 Å². The number of benzene rings is 1. The first-order chi connectivity index (χ1) is 6.07. The Morgan fingerprint density at radius 3 is 2.62 bits per heavy atom. The minimum absolute atomic E-state index is 0.0508. The Bertz CT molecular complexity index is 330. The summed E-state index contributed by atoms with van der Waals surface area (Å²) in [5.41, 5.74) is 6.80. The topological polar surface area (TPSA) is 46.2 Å². The lowest BCUT2D eigenvalue weighted by Crippen LogP contribution is -1.96. The van der Waals surface area contributed by atoms with Crippen molar-refractivity contribution >= 4 is 44.8 Å².